The average Bonchev–Trinajstić information content (AvgIpc) is 2.59. The Hall–Kier alpha value is -2.34. The highest BCUT2D eigenvalue weighted by molar-refractivity contribution is 7.98. The quantitative estimate of drug-likeness (QED) is 0.673. The molecule has 0 atom stereocenters. The van der Waals surface area contributed by atoms with E-state index in [0.717, 1.165) is 21.5 Å². The number of rotatable bonds is 5. The third-order valence-electron chi connectivity index (χ3n) is 3.11. The maximum Gasteiger partial charge on any atom is 0.278 e. The normalized spacial score (nSPS) is 10.6. The Morgan fingerprint density at radius 1 is 1.05 bits per heavy atom. The van der Waals surface area contributed by atoms with Crippen LogP contribution >= 0.6 is 11.8 Å². The van der Waals surface area contributed by atoms with Crippen molar-refractivity contribution in [3.8, 4) is 11.8 Å². The van der Waals surface area contributed by atoms with Crippen LogP contribution in [0.4, 0.5) is 0 Å². The van der Waals surface area contributed by atoms with Gasteiger partial charge >= 0.3 is 0 Å². The second kappa shape index (κ2) is 6.62. The molecule has 0 N–H and O–H groups in total. The first-order valence-electron chi connectivity index (χ1n) is 6.71. The number of methoxy groups -OCH3 is 2. The van der Waals surface area contributed by atoms with E-state index < -0.39 is 0 Å². The van der Waals surface area contributed by atoms with Crippen molar-refractivity contribution in [2.24, 2.45) is 0 Å². The number of pyridine rings is 1. The van der Waals surface area contributed by atoms with Gasteiger partial charge in [-0.2, -0.15) is 0 Å². The summed E-state index contributed by atoms with van der Waals surface area (Å²) in [4.78, 5) is 14.1. The fourth-order valence-corrected chi connectivity index (χ4v) is 2.87. The molecule has 22 heavy (non-hydrogen) atoms. The zero-order chi connectivity index (χ0) is 15.4. The molecule has 0 aliphatic carbocycles. The van der Waals surface area contributed by atoms with Crippen molar-refractivity contribution in [2.75, 3.05) is 14.2 Å². The minimum atomic E-state index is 0.396. The number of benzene rings is 1. The van der Waals surface area contributed by atoms with Crippen molar-refractivity contribution in [2.45, 2.75) is 10.6 Å². The fourth-order valence-electron chi connectivity index (χ4n) is 2.04. The van der Waals surface area contributed by atoms with Gasteiger partial charge in [0, 0.05) is 22.2 Å². The summed E-state index contributed by atoms with van der Waals surface area (Å²) in [5, 5.41) is 1.13. The molecule has 0 aliphatic heterocycles. The molecule has 2 heterocycles. The van der Waals surface area contributed by atoms with Gasteiger partial charge in [0.25, 0.3) is 11.8 Å². The predicted molar refractivity (Wildman–Crippen MR) is 86.4 cm³/mol. The SMILES string of the molecule is COc1ncc(CSc2ccc3ncccc3c2)nc1OC. The highest BCUT2D eigenvalue weighted by atomic mass is 32.2. The molecule has 0 saturated carbocycles. The van der Waals surface area contributed by atoms with Crippen LogP contribution in [0.15, 0.2) is 47.6 Å². The maximum atomic E-state index is 5.17. The van der Waals surface area contributed by atoms with Crippen LogP contribution < -0.4 is 9.47 Å². The van der Waals surface area contributed by atoms with Crippen molar-refractivity contribution in [3.63, 3.8) is 0 Å². The zero-order valence-corrected chi connectivity index (χ0v) is 13.1. The van der Waals surface area contributed by atoms with E-state index in [0.29, 0.717) is 17.5 Å². The van der Waals surface area contributed by atoms with E-state index in [1.165, 1.54) is 0 Å². The molecule has 0 fully saturated rings. The summed E-state index contributed by atoms with van der Waals surface area (Å²) in [6, 6.07) is 10.2. The van der Waals surface area contributed by atoms with Gasteiger partial charge in [0.15, 0.2) is 0 Å². The minimum absolute atomic E-state index is 0.396. The van der Waals surface area contributed by atoms with Crippen LogP contribution in [0.5, 0.6) is 11.8 Å². The Morgan fingerprint density at radius 3 is 2.73 bits per heavy atom. The summed E-state index contributed by atoms with van der Waals surface area (Å²) in [5.41, 5.74) is 1.84. The molecule has 1 aromatic carbocycles. The standard InChI is InChI=1S/C16H15N3O2S/c1-20-15-16(21-2)19-12(9-18-15)10-22-13-5-6-14-11(8-13)4-3-7-17-14/h3-9H,10H2,1-2H3. The average molecular weight is 313 g/mol. The number of hydrogen-bond donors (Lipinski definition) is 0. The number of fused-ring (bicyclic) bond motifs is 1. The first-order chi connectivity index (χ1) is 10.8. The minimum Gasteiger partial charge on any atom is -0.477 e. The van der Waals surface area contributed by atoms with E-state index in [1.807, 2.05) is 12.1 Å². The van der Waals surface area contributed by atoms with Gasteiger partial charge in [-0.05, 0) is 24.3 Å². The van der Waals surface area contributed by atoms with Crippen molar-refractivity contribution < 1.29 is 9.47 Å². The molecule has 0 unspecified atom stereocenters. The molecular formula is C16H15N3O2S. The van der Waals surface area contributed by atoms with Gasteiger partial charge in [-0.3, -0.25) is 4.98 Å². The summed E-state index contributed by atoms with van der Waals surface area (Å²) < 4.78 is 10.3. The van der Waals surface area contributed by atoms with Gasteiger partial charge in [0.1, 0.15) is 0 Å². The van der Waals surface area contributed by atoms with Crippen LogP contribution in [0.3, 0.4) is 0 Å². The Kier molecular flexibility index (Phi) is 4.39. The molecule has 0 radical (unpaired) electrons. The van der Waals surface area contributed by atoms with E-state index in [4.69, 9.17) is 9.47 Å². The lowest BCUT2D eigenvalue weighted by atomic mass is 10.2. The Labute approximate surface area is 132 Å². The molecule has 0 spiro atoms. The van der Waals surface area contributed by atoms with Crippen LogP contribution in [0.1, 0.15) is 5.69 Å². The summed E-state index contributed by atoms with van der Waals surface area (Å²) in [7, 11) is 3.10. The van der Waals surface area contributed by atoms with Crippen LogP contribution in [-0.4, -0.2) is 29.2 Å². The lowest BCUT2D eigenvalue weighted by Crippen LogP contribution is -1.99. The topological polar surface area (TPSA) is 57.1 Å². The second-order valence-corrected chi connectivity index (χ2v) is 5.58. The number of thioether (sulfide) groups is 1. The van der Waals surface area contributed by atoms with Gasteiger partial charge in [0.2, 0.25) is 0 Å². The zero-order valence-electron chi connectivity index (χ0n) is 12.3. The van der Waals surface area contributed by atoms with Gasteiger partial charge in [-0.15, -0.1) is 11.8 Å². The van der Waals surface area contributed by atoms with Crippen LogP contribution in [-0.2, 0) is 5.75 Å². The second-order valence-electron chi connectivity index (χ2n) is 4.53. The van der Waals surface area contributed by atoms with Crippen molar-refractivity contribution in [1.82, 2.24) is 15.0 Å². The van der Waals surface area contributed by atoms with E-state index in [-0.39, 0.29) is 0 Å². The molecule has 0 saturated heterocycles. The van der Waals surface area contributed by atoms with E-state index in [2.05, 4.69) is 33.2 Å². The highest BCUT2D eigenvalue weighted by Gasteiger charge is 2.08. The van der Waals surface area contributed by atoms with Gasteiger partial charge in [-0.25, -0.2) is 9.97 Å². The molecule has 0 aliphatic rings. The lowest BCUT2D eigenvalue weighted by molar-refractivity contribution is 0.330. The van der Waals surface area contributed by atoms with E-state index >= 15 is 0 Å². The van der Waals surface area contributed by atoms with Crippen LogP contribution in [0.2, 0.25) is 0 Å². The van der Waals surface area contributed by atoms with E-state index in [9.17, 15) is 0 Å². The molecule has 2 aromatic heterocycles. The molecule has 6 heteroatoms. The lowest BCUT2D eigenvalue weighted by Gasteiger charge is -2.07. The van der Waals surface area contributed by atoms with Crippen molar-refractivity contribution in [3.05, 3.63) is 48.4 Å². The molecule has 5 nitrogen and oxygen atoms in total. The maximum absolute atomic E-state index is 5.17. The number of hydrogen-bond acceptors (Lipinski definition) is 6. The summed E-state index contributed by atoms with van der Waals surface area (Å²) in [5.74, 6) is 1.51. The third-order valence-corrected chi connectivity index (χ3v) is 4.13. The van der Waals surface area contributed by atoms with Crippen molar-refractivity contribution >= 4 is 22.7 Å². The first-order valence-corrected chi connectivity index (χ1v) is 7.70. The monoisotopic (exact) mass is 313 g/mol. The van der Waals surface area contributed by atoms with Gasteiger partial charge in [0.05, 0.1) is 31.6 Å². The van der Waals surface area contributed by atoms with Crippen LogP contribution in [0, 0.1) is 0 Å². The Morgan fingerprint density at radius 2 is 1.91 bits per heavy atom. The smallest absolute Gasteiger partial charge is 0.278 e. The molecular weight excluding hydrogens is 298 g/mol. The molecule has 112 valence electrons. The molecule has 0 amide bonds. The van der Waals surface area contributed by atoms with E-state index in [1.54, 1.807) is 38.4 Å². The molecule has 3 aromatic rings. The summed E-state index contributed by atoms with van der Waals surface area (Å²) in [6.45, 7) is 0. The van der Waals surface area contributed by atoms with Crippen LogP contribution in [0.25, 0.3) is 10.9 Å². The predicted octanol–water partition coefficient (Wildman–Crippen LogP) is 3.33. The molecule has 3 rings (SSSR count). The first kappa shape index (κ1) is 14.6. The van der Waals surface area contributed by atoms with Crippen molar-refractivity contribution in [1.29, 1.82) is 0 Å². The fraction of sp³-hybridized carbons (Fsp3) is 0.188. The van der Waals surface area contributed by atoms with Gasteiger partial charge < -0.3 is 9.47 Å². The van der Waals surface area contributed by atoms with Gasteiger partial charge in [-0.1, -0.05) is 6.07 Å². The summed E-state index contributed by atoms with van der Waals surface area (Å²) >= 11 is 1.69. The largest absolute Gasteiger partial charge is 0.477 e. The third kappa shape index (κ3) is 3.12. The summed E-state index contributed by atoms with van der Waals surface area (Å²) in [6.07, 6.45) is 3.51. The number of aromatic nitrogens is 3. The Balaban J connectivity index is 1.76. The Bertz CT molecular complexity index is 795. The number of nitrogens with zero attached hydrogens (tertiary/aromatic N) is 3. The highest BCUT2D eigenvalue weighted by Crippen LogP contribution is 2.27. The number of ether oxygens (including phenoxy) is 2. The molecule has 0 bridgehead atoms.